The Hall–Kier alpha value is -0.670. The topological polar surface area (TPSA) is 26.3 Å². The molecule has 1 aromatic rings. The summed E-state index contributed by atoms with van der Waals surface area (Å²) in [6.07, 6.45) is 6.34. The Morgan fingerprint density at radius 2 is 1.88 bits per heavy atom. The molecule has 88 valence electrons. The van der Waals surface area contributed by atoms with Gasteiger partial charge in [0.15, 0.2) is 11.1 Å². The summed E-state index contributed by atoms with van der Waals surface area (Å²) >= 11 is -1.16. The molecule has 2 rings (SSSR count). The molecular weight excluding hydrogens is 220 g/mol. The molecule has 0 heterocycles. The van der Waals surface area contributed by atoms with Crippen molar-refractivity contribution in [2.24, 2.45) is 0 Å². The van der Waals surface area contributed by atoms with E-state index in [9.17, 15) is 4.21 Å². The number of rotatable bonds is 3. The van der Waals surface area contributed by atoms with Crippen molar-refractivity contribution in [2.45, 2.75) is 37.7 Å². The van der Waals surface area contributed by atoms with Crippen LogP contribution in [0.4, 0.5) is 0 Å². The van der Waals surface area contributed by atoms with Crippen molar-refractivity contribution in [3.63, 3.8) is 0 Å². The first kappa shape index (κ1) is 11.8. The van der Waals surface area contributed by atoms with Gasteiger partial charge in [-0.25, -0.2) is 4.21 Å². The van der Waals surface area contributed by atoms with Gasteiger partial charge in [-0.05, 0) is 18.4 Å². The number of hydrogen-bond donors (Lipinski definition) is 0. The van der Waals surface area contributed by atoms with E-state index in [-0.39, 0.29) is 6.10 Å². The molecule has 0 spiro atoms. The van der Waals surface area contributed by atoms with Crippen LogP contribution in [0.25, 0.3) is 0 Å². The van der Waals surface area contributed by atoms with Crippen LogP contribution in [-0.2, 0) is 15.3 Å². The second kappa shape index (κ2) is 5.60. The minimum absolute atomic E-state index is 0.127. The smallest absolute Gasteiger partial charge is 0.152 e. The summed E-state index contributed by atoms with van der Waals surface area (Å²) in [4.78, 5) is 0. The van der Waals surface area contributed by atoms with Crippen molar-refractivity contribution < 1.29 is 8.39 Å². The summed E-state index contributed by atoms with van der Waals surface area (Å²) in [5, 5.41) is 0. The average Bonchev–Trinajstić information content (AvgIpc) is 2.30. The lowest BCUT2D eigenvalue weighted by Crippen LogP contribution is -2.26. The van der Waals surface area contributed by atoms with Crippen LogP contribution in [0.1, 0.15) is 37.2 Å². The third-order valence-corrected chi connectivity index (χ3v) is 3.71. The zero-order valence-corrected chi connectivity index (χ0v) is 10.4. The third kappa shape index (κ3) is 2.92. The van der Waals surface area contributed by atoms with Crippen molar-refractivity contribution in [3.05, 3.63) is 35.9 Å². The van der Waals surface area contributed by atoms with Crippen molar-refractivity contribution >= 4 is 11.1 Å². The lowest BCUT2D eigenvalue weighted by atomic mass is 9.82. The number of benzene rings is 1. The van der Waals surface area contributed by atoms with Crippen LogP contribution in [0.15, 0.2) is 30.3 Å². The van der Waals surface area contributed by atoms with Crippen molar-refractivity contribution in [2.75, 3.05) is 6.26 Å². The van der Waals surface area contributed by atoms with Crippen LogP contribution < -0.4 is 0 Å². The van der Waals surface area contributed by atoms with Crippen LogP contribution in [0.3, 0.4) is 0 Å². The molecule has 0 bridgehead atoms. The fourth-order valence-corrected chi connectivity index (χ4v) is 3.05. The molecule has 1 saturated carbocycles. The highest BCUT2D eigenvalue weighted by molar-refractivity contribution is 7.79. The summed E-state index contributed by atoms with van der Waals surface area (Å²) < 4.78 is 16.7. The fraction of sp³-hybridized carbons (Fsp3) is 0.538. The SMILES string of the molecule is CS(=O)O[C@H]1CCCC[C@@H]1c1ccccc1. The summed E-state index contributed by atoms with van der Waals surface area (Å²) in [7, 11) is 0. The zero-order valence-electron chi connectivity index (χ0n) is 9.59. The first-order valence-corrected chi connectivity index (χ1v) is 7.31. The maximum atomic E-state index is 11.2. The molecule has 2 nitrogen and oxygen atoms in total. The molecule has 1 aromatic carbocycles. The molecule has 0 radical (unpaired) electrons. The van der Waals surface area contributed by atoms with Crippen molar-refractivity contribution in [1.29, 1.82) is 0 Å². The molecular formula is C13H18O2S. The monoisotopic (exact) mass is 238 g/mol. The first-order valence-electron chi connectivity index (χ1n) is 5.83. The van der Waals surface area contributed by atoms with Crippen LogP contribution in [-0.4, -0.2) is 16.6 Å². The predicted octanol–water partition coefficient (Wildman–Crippen LogP) is 3.02. The summed E-state index contributed by atoms with van der Waals surface area (Å²) in [5.74, 6) is 0.416. The molecule has 16 heavy (non-hydrogen) atoms. The predicted molar refractivity (Wildman–Crippen MR) is 66.6 cm³/mol. The molecule has 1 fully saturated rings. The van der Waals surface area contributed by atoms with Crippen LogP contribution in [0.5, 0.6) is 0 Å². The lowest BCUT2D eigenvalue weighted by Gasteiger charge is -2.30. The Morgan fingerprint density at radius 1 is 1.19 bits per heavy atom. The van der Waals surface area contributed by atoms with E-state index in [0.717, 1.165) is 12.8 Å². The first-order chi connectivity index (χ1) is 7.77. The molecule has 0 saturated heterocycles. The van der Waals surface area contributed by atoms with Crippen LogP contribution in [0.2, 0.25) is 0 Å². The molecule has 0 amide bonds. The number of hydrogen-bond acceptors (Lipinski definition) is 2. The van der Waals surface area contributed by atoms with E-state index in [4.69, 9.17) is 4.18 Å². The second-order valence-corrected chi connectivity index (χ2v) is 5.33. The van der Waals surface area contributed by atoms with Gasteiger partial charge in [0.25, 0.3) is 0 Å². The maximum absolute atomic E-state index is 11.2. The van der Waals surface area contributed by atoms with Gasteiger partial charge in [-0.1, -0.05) is 43.2 Å². The normalized spacial score (nSPS) is 27.6. The molecule has 0 aliphatic heterocycles. The molecule has 0 N–H and O–H groups in total. The highest BCUT2D eigenvalue weighted by Gasteiger charge is 2.28. The van der Waals surface area contributed by atoms with Crippen LogP contribution >= 0.6 is 0 Å². The van der Waals surface area contributed by atoms with Gasteiger partial charge in [0.1, 0.15) is 0 Å². The Bertz CT molecular complexity index is 350. The van der Waals surface area contributed by atoms with E-state index in [1.807, 2.05) is 6.07 Å². The van der Waals surface area contributed by atoms with Gasteiger partial charge in [-0.3, -0.25) is 4.18 Å². The quantitative estimate of drug-likeness (QED) is 0.809. The second-order valence-electron chi connectivity index (χ2n) is 4.34. The van der Waals surface area contributed by atoms with Gasteiger partial charge in [-0.2, -0.15) is 0 Å². The van der Waals surface area contributed by atoms with Gasteiger partial charge < -0.3 is 0 Å². The van der Waals surface area contributed by atoms with E-state index in [1.54, 1.807) is 6.26 Å². The molecule has 0 aromatic heterocycles. The van der Waals surface area contributed by atoms with E-state index >= 15 is 0 Å². The summed E-state index contributed by atoms with van der Waals surface area (Å²) in [6.45, 7) is 0. The molecule has 3 heteroatoms. The third-order valence-electron chi connectivity index (χ3n) is 3.19. The molecule has 1 unspecified atom stereocenters. The highest BCUT2D eigenvalue weighted by Crippen LogP contribution is 2.35. The average molecular weight is 238 g/mol. The minimum atomic E-state index is -1.16. The van der Waals surface area contributed by atoms with Crippen molar-refractivity contribution in [3.8, 4) is 0 Å². The standard InChI is InChI=1S/C13H18O2S/c1-16(14)15-13-10-6-5-9-12(13)11-7-3-2-4-8-11/h2-4,7-8,12-13H,5-6,9-10H2,1H3/t12-,13+,16?/m1/s1. The van der Waals surface area contributed by atoms with Gasteiger partial charge in [-0.15, -0.1) is 0 Å². The van der Waals surface area contributed by atoms with Gasteiger partial charge in [0.05, 0.1) is 6.10 Å². The Morgan fingerprint density at radius 3 is 2.56 bits per heavy atom. The molecule has 3 atom stereocenters. The largest absolute Gasteiger partial charge is 0.287 e. The van der Waals surface area contributed by atoms with Crippen LogP contribution in [0, 0.1) is 0 Å². The van der Waals surface area contributed by atoms with E-state index in [0.29, 0.717) is 5.92 Å². The zero-order chi connectivity index (χ0) is 11.4. The maximum Gasteiger partial charge on any atom is 0.152 e. The Labute approximate surface area is 99.7 Å². The molecule has 1 aliphatic carbocycles. The molecule has 1 aliphatic rings. The summed E-state index contributed by atoms with van der Waals surface area (Å²) in [5.41, 5.74) is 1.32. The Balaban J connectivity index is 2.13. The van der Waals surface area contributed by atoms with Gasteiger partial charge in [0, 0.05) is 12.2 Å². The van der Waals surface area contributed by atoms with E-state index < -0.39 is 11.1 Å². The van der Waals surface area contributed by atoms with Crippen molar-refractivity contribution in [1.82, 2.24) is 0 Å². The van der Waals surface area contributed by atoms with E-state index in [1.165, 1.54) is 18.4 Å². The van der Waals surface area contributed by atoms with Gasteiger partial charge >= 0.3 is 0 Å². The summed E-state index contributed by atoms with van der Waals surface area (Å²) in [6, 6.07) is 10.4. The van der Waals surface area contributed by atoms with E-state index in [2.05, 4.69) is 24.3 Å². The fourth-order valence-electron chi connectivity index (χ4n) is 2.47. The lowest BCUT2D eigenvalue weighted by molar-refractivity contribution is 0.148. The van der Waals surface area contributed by atoms with Gasteiger partial charge in [0.2, 0.25) is 0 Å². The minimum Gasteiger partial charge on any atom is -0.287 e. The highest BCUT2D eigenvalue weighted by atomic mass is 32.2. The Kier molecular flexibility index (Phi) is 4.13.